The highest BCUT2D eigenvalue weighted by Gasteiger charge is 2.13. The number of aliphatic carboxylic acids is 1. The summed E-state index contributed by atoms with van der Waals surface area (Å²) in [6, 6.07) is 1.51. The van der Waals surface area contributed by atoms with Crippen molar-refractivity contribution in [2.75, 3.05) is 12.0 Å². The molecule has 1 aromatic rings. The van der Waals surface area contributed by atoms with Gasteiger partial charge in [-0.2, -0.15) is 0 Å². The van der Waals surface area contributed by atoms with Crippen molar-refractivity contribution in [2.45, 2.75) is 12.8 Å². The van der Waals surface area contributed by atoms with Crippen molar-refractivity contribution in [3.63, 3.8) is 0 Å². The number of rotatable bonds is 4. The van der Waals surface area contributed by atoms with Crippen LogP contribution in [0.25, 0.3) is 0 Å². The highest BCUT2D eigenvalue weighted by atomic mass is 35.5. The van der Waals surface area contributed by atoms with Gasteiger partial charge < -0.3 is 10.8 Å². The van der Waals surface area contributed by atoms with Crippen LogP contribution in [0.2, 0.25) is 0 Å². The van der Waals surface area contributed by atoms with E-state index in [-0.39, 0.29) is 31.1 Å². The molecule has 0 unspecified atom stereocenters. The number of hydrogen-bond donors (Lipinski definition) is 2. The van der Waals surface area contributed by atoms with Gasteiger partial charge in [0, 0.05) is 12.6 Å². The molecule has 0 aliphatic rings. The minimum absolute atomic E-state index is 0. The molecule has 0 spiro atoms. The number of carbonyl (C=O) groups is 1. The number of halogens is 1. The fourth-order valence-electron chi connectivity index (χ4n) is 1.21. The first-order valence-electron chi connectivity index (χ1n) is 4.20. The SMILES string of the molecule is CS(=O)(=O)n1ccc(CCC(=O)O)c1N.Cl. The van der Waals surface area contributed by atoms with Gasteiger partial charge in [-0.3, -0.25) is 4.79 Å². The third kappa shape index (κ3) is 3.42. The number of nitrogens with two attached hydrogens (primary N) is 1. The minimum Gasteiger partial charge on any atom is -0.481 e. The Morgan fingerprint density at radius 2 is 2.12 bits per heavy atom. The van der Waals surface area contributed by atoms with Gasteiger partial charge in [0.1, 0.15) is 5.82 Å². The number of nitrogen functional groups attached to an aromatic ring is 1. The van der Waals surface area contributed by atoms with Crippen LogP contribution in [-0.4, -0.2) is 29.7 Å². The lowest BCUT2D eigenvalue weighted by Gasteiger charge is -2.03. The maximum absolute atomic E-state index is 11.2. The lowest BCUT2D eigenvalue weighted by molar-refractivity contribution is -0.136. The van der Waals surface area contributed by atoms with E-state index < -0.39 is 16.0 Å². The van der Waals surface area contributed by atoms with E-state index in [9.17, 15) is 13.2 Å². The molecular formula is C8H13ClN2O4S. The molecule has 1 aromatic heterocycles. The summed E-state index contributed by atoms with van der Waals surface area (Å²) in [5, 5.41) is 8.47. The molecule has 1 rings (SSSR count). The fraction of sp³-hybridized carbons (Fsp3) is 0.375. The largest absolute Gasteiger partial charge is 0.481 e. The van der Waals surface area contributed by atoms with Crippen molar-refractivity contribution in [3.05, 3.63) is 17.8 Å². The van der Waals surface area contributed by atoms with Crippen molar-refractivity contribution >= 4 is 34.2 Å². The maximum atomic E-state index is 11.2. The summed E-state index contributed by atoms with van der Waals surface area (Å²) in [5.41, 5.74) is 6.10. The van der Waals surface area contributed by atoms with Crippen LogP contribution in [0.3, 0.4) is 0 Å². The number of anilines is 1. The molecule has 0 aliphatic heterocycles. The van der Waals surface area contributed by atoms with Crippen LogP contribution in [0, 0.1) is 0 Å². The van der Waals surface area contributed by atoms with Crippen LogP contribution < -0.4 is 5.73 Å². The molecule has 0 aromatic carbocycles. The van der Waals surface area contributed by atoms with Gasteiger partial charge >= 0.3 is 5.97 Å². The Balaban J connectivity index is 0.00000225. The number of aromatic nitrogens is 1. The van der Waals surface area contributed by atoms with Gasteiger partial charge in [0.25, 0.3) is 0 Å². The molecule has 16 heavy (non-hydrogen) atoms. The van der Waals surface area contributed by atoms with Crippen LogP contribution in [0.4, 0.5) is 5.82 Å². The van der Waals surface area contributed by atoms with E-state index in [1.54, 1.807) is 0 Å². The van der Waals surface area contributed by atoms with Crippen molar-refractivity contribution in [1.29, 1.82) is 0 Å². The molecule has 0 radical (unpaired) electrons. The van der Waals surface area contributed by atoms with Gasteiger partial charge in [0.05, 0.1) is 6.26 Å². The molecule has 8 heteroatoms. The van der Waals surface area contributed by atoms with Crippen LogP contribution >= 0.6 is 12.4 Å². The van der Waals surface area contributed by atoms with Crippen LogP contribution in [0.5, 0.6) is 0 Å². The van der Waals surface area contributed by atoms with Crippen LogP contribution in [0.15, 0.2) is 12.3 Å². The van der Waals surface area contributed by atoms with Crippen LogP contribution in [-0.2, 0) is 21.2 Å². The van der Waals surface area contributed by atoms with Gasteiger partial charge in [-0.05, 0) is 18.1 Å². The zero-order chi connectivity index (χ0) is 11.6. The van der Waals surface area contributed by atoms with E-state index >= 15 is 0 Å². The highest BCUT2D eigenvalue weighted by Crippen LogP contribution is 2.17. The van der Waals surface area contributed by atoms with E-state index in [0.717, 1.165) is 10.2 Å². The first-order chi connectivity index (χ1) is 6.82. The summed E-state index contributed by atoms with van der Waals surface area (Å²) in [7, 11) is -3.41. The number of carboxylic acids is 1. The Bertz CT molecular complexity index is 480. The molecule has 0 bridgehead atoms. The Morgan fingerprint density at radius 1 is 1.56 bits per heavy atom. The molecule has 3 N–H and O–H groups in total. The van der Waals surface area contributed by atoms with Crippen molar-refractivity contribution in [3.8, 4) is 0 Å². The van der Waals surface area contributed by atoms with Gasteiger partial charge in [-0.25, -0.2) is 12.4 Å². The number of hydrogen-bond acceptors (Lipinski definition) is 4. The summed E-state index contributed by atoms with van der Waals surface area (Å²) < 4.78 is 23.3. The summed E-state index contributed by atoms with van der Waals surface area (Å²) in [6.45, 7) is 0. The van der Waals surface area contributed by atoms with E-state index in [4.69, 9.17) is 10.8 Å². The maximum Gasteiger partial charge on any atom is 0.303 e. The normalized spacial score (nSPS) is 10.8. The smallest absolute Gasteiger partial charge is 0.303 e. The molecule has 0 amide bonds. The molecule has 0 saturated carbocycles. The predicted octanol–water partition coefficient (Wildman–Crippen LogP) is 0.317. The number of carboxylic acid groups (broad SMARTS) is 1. The molecule has 0 saturated heterocycles. The topological polar surface area (TPSA) is 102 Å². The second-order valence-corrected chi connectivity index (χ2v) is 5.04. The zero-order valence-electron chi connectivity index (χ0n) is 8.58. The monoisotopic (exact) mass is 268 g/mol. The first kappa shape index (κ1) is 14.8. The average Bonchev–Trinajstić information content (AvgIpc) is 2.42. The van der Waals surface area contributed by atoms with E-state index in [0.29, 0.717) is 5.56 Å². The Morgan fingerprint density at radius 3 is 2.50 bits per heavy atom. The summed E-state index contributed by atoms with van der Waals surface area (Å²) in [4.78, 5) is 10.3. The Hall–Kier alpha value is -1.21. The second kappa shape index (κ2) is 5.22. The second-order valence-electron chi connectivity index (χ2n) is 3.18. The Labute approximate surface area is 99.5 Å². The fourth-order valence-corrected chi connectivity index (χ4v) is 1.96. The minimum atomic E-state index is -3.41. The van der Waals surface area contributed by atoms with Gasteiger partial charge in [-0.15, -0.1) is 12.4 Å². The number of aryl methyl sites for hydroxylation is 1. The lowest BCUT2D eigenvalue weighted by Crippen LogP contribution is -2.12. The van der Waals surface area contributed by atoms with Crippen molar-refractivity contribution < 1.29 is 18.3 Å². The molecule has 92 valence electrons. The molecule has 0 atom stereocenters. The van der Waals surface area contributed by atoms with E-state index in [1.807, 2.05) is 0 Å². The molecule has 0 fully saturated rings. The van der Waals surface area contributed by atoms with Crippen LogP contribution in [0.1, 0.15) is 12.0 Å². The van der Waals surface area contributed by atoms with E-state index in [2.05, 4.69) is 0 Å². The summed E-state index contributed by atoms with van der Waals surface area (Å²) in [5.74, 6) is -0.861. The van der Waals surface area contributed by atoms with Gasteiger partial charge in [0.15, 0.2) is 0 Å². The molecule has 6 nitrogen and oxygen atoms in total. The van der Waals surface area contributed by atoms with Gasteiger partial charge in [0.2, 0.25) is 10.0 Å². The lowest BCUT2D eigenvalue weighted by atomic mass is 10.2. The quantitative estimate of drug-likeness (QED) is 0.818. The average molecular weight is 269 g/mol. The van der Waals surface area contributed by atoms with Gasteiger partial charge in [-0.1, -0.05) is 0 Å². The molecule has 1 heterocycles. The third-order valence-corrected chi connectivity index (χ3v) is 2.98. The zero-order valence-corrected chi connectivity index (χ0v) is 10.2. The molecular weight excluding hydrogens is 256 g/mol. The van der Waals surface area contributed by atoms with Crippen molar-refractivity contribution in [1.82, 2.24) is 3.97 Å². The first-order valence-corrected chi connectivity index (χ1v) is 6.05. The number of nitrogens with zero attached hydrogens (tertiary/aromatic N) is 1. The summed E-state index contributed by atoms with van der Waals surface area (Å²) in [6.07, 6.45) is 2.51. The summed E-state index contributed by atoms with van der Waals surface area (Å²) >= 11 is 0. The highest BCUT2D eigenvalue weighted by molar-refractivity contribution is 7.89. The molecule has 0 aliphatic carbocycles. The van der Waals surface area contributed by atoms with Crippen molar-refractivity contribution in [2.24, 2.45) is 0 Å². The Kier molecular flexibility index (Phi) is 4.82. The van der Waals surface area contributed by atoms with E-state index in [1.165, 1.54) is 12.3 Å². The predicted molar refractivity (Wildman–Crippen MR) is 62.3 cm³/mol. The standard InChI is InChI=1S/C8H12N2O4S.ClH/c1-15(13,14)10-5-4-6(8(10)9)2-3-7(11)12;/h4-5H,2-3,9H2,1H3,(H,11,12);1H. The third-order valence-electron chi connectivity index (χ3n) is 1.94.